The van der Waals surface area contributed by atoms with E-state index in [1.165, 1.54) is 0 Å². The normalized spacial score (nSPS) is 11.0. The van der Waals surface area contributed by atoms with Crippen LogP contribution in [0.5, 0.6) is 0 Å². The fraction of sp³-hybridized carbons (Fsp3) is 0.455. The highest BCUT2D eigenvalue weighted by molar-refractivity contribution is 5.35. The van der Waals surface area contributed by atoms with Gasteiger partial charge in [0.1, 0.15) is 5.76 Å². The molecule has 2 heterocycles. The molecule has 0 unspecified atom stereocenters. The summed E-state index contributed by atoms with van der Waals surface area (Å²) in [7, 11) is 1.92. The minimum absolute atomic E-state index is 0.361. The summed E-state index contributed by atoms with van der Waals surface area (Å²) in [5.41, 5.74) is 1.11. The molecule has 0 aromatic carbocycles. The number of nitrogens with zero attached hydrogens (tertiary/aromatic N) is 3. The van der Waals surface area contributed by atoms with Crippen LogP contribution in [-0.2, 0) is 13.6 Å². The van der Waals surface area contributed by atoms with Crippen LogP contribution in [0.2, 0.25) is 0 Å². The number of anilines is 1. The van der Waals surface area contributed by atoms with Gasteiger partial charge in [0, 0.05) is 25.2 Å². The molecule has 1 N–H and O–H groups in total. The lowest BCUT2D eigenvalue weighted by molar-refractivity contribution is 0.373. The van der Waals surface area contributed by atoms with Gasteiger partial charge in [-0.25, -0.2) is 0 Å². The Hall–Kier alpha value is -1.78. The van der Waals surface area contributed by atoms with Crippen molar-refractivity contribution in [2.75, 3.05) is 5.32 Å². The van der Waals surface area contributed by atoms with Crippen LogP contribution in [0.4, 0.5) is 5.82 Å². The first-order chi connectivity index (χ1) is 7.66. The molecule has 0 atom stereocenters. The molecule has 2 aromatic heterocycles. The van der Waals surface area contributed by atoms with E-state index >= 15 is 0 Å². The monoisotopic (exact) mass is 220 g/mol. The molecule has 0 radical (unpaired) electrons. The number of aryl methyl sites for hydroxylation is 1. The predicted molar refractivity (Wildman–Crippen MR) is 61.1 cm³/mol. The van der Waals surface area contributed by atoms with Crippen LogP contribution < -0.4 is 5.32 Å². The first-order valence-electron chi connectivity index (χ1n) is 5.34. The summed E-state index contributed by atoms with van der Waals surface area (Å²) >= 11 is 0. The van der Waals surface area contributed by atoms with Crippen LogP contribution in [0.3, 0.4) is 0 Å². The van der Waals surface area contributed by atoms with Crippen molar-refractivity contribution in [3.63, 3.8) is 0 Å². The summed E-state index contributed by atoms with van der Waals surface area (Å²) in [5.74, 6) is 2.03. The highest BCUT2D eigenvalue weighted by Crippen LogP contribution is 2.18. The maximum absolute atomic E-state index is 5.19. The number of hydrogen-bond donors (Lipinski definition) is 1. The molecule has 0 fully saturated rings. The highest BCUT2D eigenvalue weighted by atomic mass is 16.5. The van der Waals surface area contributed by atoms with E-state index in [0.29, 0.717) is 12.5 Å². The van der Waals surface area contributed by atoms with Gasteiger partial charge < -0.3 is 9.84 Å². The molecular formula is C11H16N4O. The zero-order valence-electron chi connectivity index (χ0n) is 9.77. The van der Waals surface area contributed by atoms with Crippen molar-refractivity contribution in [3.05, 3.63) is 29.8 Å². The third-order valence-electron chi connectivity index (χ3n) is 2.47. The Kier molecular flexibility index (Phi) is 2.94. The molecule has 0 saturated carbocycles. The second-order valence-electron chi connectivity index (χ2n) is 4.07. The van der Waals surface area contributed by atoms with E-state index in [4.69, 9.17) is 4.52 Å². The van der Waals surface area contributed by atoms with Crippen LogP contribution in [0.25, 0.3) is 0 Å². The summed E-state index contributed by atoms with van der Waals surface area (Å²) in [4.78, 5) is 0. The van der Waals surface area contributed by atoms with E-state index in [2.05, 4.69) is 29.4 Å². The lowest BCUT2D eigenvalue weighted by atomic mass is 10.2. The van der Waals surface area contributed by atoms with Gasteiger partial charge in [-0.2, -0.15) is 5.10 Å². The topological polar surface area (TPSA) is 55.9 Å². The molecule has 0 aliphatic heterocycles. The van der Waals surface area contributed by atoms with E-state index in [-0.39, 0.29) is 0 Å². The molecule has 0 saturated heterocycles. The summed E-state index contributed by atoms with van der Waals surface area (Å²) < 4.78 is 7.02. The Bertz CT molecular complexity index is 458. The minimum atomic E-state index is 0.361. The predicted octanol–water partition coefficient (Wildman–Crippen LogP) is 2.14. The molecule has 2 aromatic rings. The van der Waals surface area contributed by atoms with Crippen molar-refractivity contribution in [2.24, 2.45) is 7.05 Å². The van der Waals surface area contributed by atoms with Gasteiger partial charge in [-0.1, -0.05) is 19.0 Å². The fourth-order valence-corrected chi connectivity index (χ4v) is 1.40. The van der Waals surface area contributed by atoms with E-state index < -0.39 is 0 Å². The standard InChI is InChI=1S/C11H16N4O/c1-8(2)10-6-11(14-16-10)12-7-9-4-5-13-15(9)3/h4-6,8H,7H2,1-3H3,(H,12,14). The SMILES string of the molecule is CC(C)c1cc(NCc2ccnn2C)no1. The molecule has 0 spiro atoms. The molecule has 16 heavy (non-hydrogen) atoms. The van der Waals surface area contributed by atoms with Crippen LogP contribution in [0.15, 0.2) is 22.9 Å². The van der Waals surface area contributed by atoms with Crippen molar-refractivity contribution < 1.29 is 4.52 Å². The van der Waals surface area contributed by atoms with Gasteiger partial charge >= 0.3 is 0 Å². The molecule has 0 aliphatic carbocycles. The van der Waals surface area contributed by atoms with Gasteiger partial charge in [-0.05, 0) is 6.07 Å². The summed E-state index contributed by atoms with van der Waals surface area (Å²) in [6, 6.07) is 3.90. The van der Waals surface area contributed by atoms with Crippen LogP contribution in [0, 0.1) is 0 Å². The second-order valence-corrected chi connectivity index (χ2v) is 4.07. The van der Waals surface area contributed by atoms with E-state index in [1.807, 2.05) is 23.9 Å². The van der Waals surface area contributed by atoms with Crippen molar-refractivity contribution in [3.8, 4) is 0 Å². The molecule has 5 heteroatoms. The fourth-order valence-electron chi connectivity index (χ4n) is 1.40. The van der Waals surface area contributed by atoms with Crippen molar-refractivity contribution in [1.29, 1.82) is 0 Å². The largest absolute Gasteiger partial charge is 0.362 e. The summed E-state index contributed by atoms with van der Waals surface area (Å²) in [5, 5.41) is 11.2. The average molecular weight is 220 g/mol. The maximum atomic E-state index is 5.19. The number of nitrogens with one attached hydrogen (secondary N) is 1. The van der Waals surface area contributed by atoms with Crippen molar-refractivity contribution >= 4 is 5.82 Å². The maximum Gasteiger partial charge on any atom is 0.169 e. The summed E-state index contributed by atoms with van der Waals surface area (Å²) in [6.07, 6.45) is 1.78. The average Bonchev–Trinajstić information content (AvgIpc) is 2.83. The third-order valence-corrected chi connectivity index (χ3v) is 2.47. The molecule has 2 rings (SSSR count). The van der Waals surface area contributed by atoms with Gasteiger partial charge in [-0.15, -0.1) is 0 Å². The first-order valence-corrected chi connectivity index (χ1v) is 5.34. The quantitative estimate of drug-likeness (QED) is 0.857. The number of aromatic nitrogens is 3. The minimum Gasteiger partial charge on any atom is -0.362 e. The number of rotatable bonds is 4. The Morgan fingerprint density at radius 3 is 2.88 bits per heavy atom. The zero-order valence-corrected chi connectivity index (χ0v) is 9.77. The first kappa shape index (κ1) is 10.7. The molecule has 5 nitrogen and oxygen atoms in total. The Labute approximate surface area is 94.4 Å². The number of hydrogen-bond acceptors (Lipinski definition) is 4. The van der Waals surface area contributed by atoms with E-state index in [9.17, 15) is 0 Å². The van der Waals surface area contributed by atoms with Crippen LogP contribution in [-0.4, -0.2) is 14.9 Å². The van der Waals surface area contributed by atoms with E-state index in [1.54, 1.807) is 6.20 Å². The molecular weight excluding hydrogens is 204 g/mol. The second kappa shape index (κ2) is 4.38. The van der Waals surface area contributed by atoms with Crippen LogP contribution >= 0.6 is 0 Å². The lowest BCUT2D eigenvalue weighted by Gasteiger charge is -2.02. The summed E-state index contributed by atoms with van der Waals surface area (Å²) in [6.45, 7) is 4.84. The van der Waals surface area contributed by atoms with Gasteiger partial charge in [0.05, 0.1) is 12.2 Å². The molecule has 0 amide bonds. The Morgan fingerprint density at radius 1 is 1.50 bits per heavy atom. The Morgan fingerprint density at radius 2 is 2.31 bits per heavy atom. The third kappa shape index (κ3) is 2.24. The molecule has 0 bridgehead atoms. The van der Waals surface area contributed by atoms with Gasteiger partial charge in [0.25, 0.3) is 0 Å². The van der Waals surface area contributed by atoms with Gasteiger partial charge in [0.15, 0.2) is 5.82 Å². The van der Waals surface area contributed by atoms with Gasteiger partial charge in [0.2, 0.25) is 0 Å². The molecule has 86 valence electrons. The highest BCUT2D eigenvalue weighted by Gasteiger charge is 2.07. The van der Waals surface area contributed by atoms with Gasteiger partial charge in [-0.3, -0.25) is 4.68 Å². The van der Waals surface area contributed by atoms with Crippen LogP contribution in [0.1, 0.15) is 31.2 Å². The smallest absolute Gasteiger partial charge is 0.169 e. The van der Waals surface area contributed by atoms with Crippen molar-refractivity contribution in [2.45, 2.75) is 26.3 Å². The van der Waals surface area contributed by atoms with E-state index in [0.717, 1.165) is 17.3 Å². The molecule has 0 aliphatic rings. The lowest BCUT2D eigenvalue weighted by Crippen LogP contribution is -2.05. The zero-order chi connectivity index (χ0) is 11.5. The Balaban J connectivity index is 1.97. The van der Waals surface area contributed by atoms with Crippen molar-refractivity contribution in [1.82, 2.24) is 14.9 Å².